The minimum atomic E-state index is -4.94. The fourth-order valence-corrected chi connectivity index (χ4v) is 2.40. The van der Waals surface area contributed by atoms with Crippen LogP contribution in [0.25, 0.3) is 0 Å². The highest BCUT2D eigenvalue weighted by Crippen LogP contribution is 2.38. The number of hydrogen-bond donors (Lipinski definition) is 3. The summed E-state index contributed by atoms with van der Waals surface area (Å²) in [5.41, 5.74) is 3.08. The van der Waals surface area contributed by atoms with Gasteiger partial charge < -0.3 is 16.2 Å². The van der Waals surface area contributed by atoms with Gasteiger partial charge in [-0.3, -0.25) is 4.79 Å². The van der Waals surface area contributed by atoms with Gasteiger partial charge in [-0.25, -0.2) is 0 Å². The van der Waals surface area contributed by atoms with E-state index >= 15 is 0 Å². The molecule has 0 aliphatic rings. The highest BCUT2D eigenvalue weighted by Gasteiger charge is 2.55. The molecule has 0 bridgehead atoms. The molecule has 2 aromatic carbocycles. The predicted molar refractivity (Wildman–Crippen MR) is 87.4 cm³/mol. The first-order valence-electron chi connectivity index (χ1n) is 7.66. The molecule has 0 radical (unpaired) electrons. The molecular weight excluding hydrogens is 333 g/mol. The van der Waals surface area contributed by atoms with Crippen molar-refractivity contribution in [1.29, 1.82) is 0 Å². The summed E-state index contributed by atoms with van der Waals surface area (Å²) in [6.45, 7) is -0.985. The molecule has 0 fully saturated rings. The van der Waals surface area contributed by atoms with Crippen LogP contribution in [0.2, 0.25) is 0 Å². The second kappa shape index (κ2) is 7.67. The molecule has 2 aromatic rings. The van der Waals surface area contributed by atoms with E-state index < -0.39 is 30.3 Å². The number of alkyl halides is 3. The fraction of sp³-hybridized carbons (Fsp3) is 0.278. The van der Waals surface area contributed by atoms with E-state index in [4.69, 9.17) is 5.73 Å². The van der Waals surface area contributed by atoms with Crippen molar-refractivity contribution >= 4 is 5.91 Å². The van der Waals surface area contributed by atoms with Crippen LogP contribution >= 0.6 is 0 Å². The van der Waals surface area contributed by atoms with Crippen molar-refractivity contribution in [1.82, 2.24) is 5.32 Å². The number of carbonyl (C=O) groups excluding carboxylic acids is 1. The van der Waals surface area contributed by atoms with E-state index in [1.54, 1.807) is 30.3 Å². The van der Waals surface area contributed by atoms with Gasteiger partial charge in [0.05, 0.1) is 6.54 Å². The summed E-state index contributed by atoms with van der Waals surface area (Å²) in [6, 6.07) is 14.8. The number of hydrogen-bond acceptors (Lipinski definition) is 3. The van der Waals surface area contributed by atoms with Gasteiger partial charge in [0.1, 0.15) is 0 Å². The van der Waals surface area contributed by atoms with Crippen LogP contribution in [0, 0.1) is 0 Å². The van der Waals surface area contributed by atoms with Gasteiger partial charge in [0.25, 0.3) is 0 Å². The molecule has 2 unspecified atom stereocenters. The molecule has 4 N–H and O–H groups in total. The molecular formula is C18H19F3N2O2. The maximum absolute atomic E-state index is 13.3. The van der Waals surface area contributed by atoms with Gasteiger partial charge in [0.15, 0.2) is 0 Å². The third-order valence-electron chi connectivity index (χ3n) is 3.89. The molecule has 0 heterocycles. The number of amides is 1. The van der Waals surface area contributed by atoms with Crippen molar-refractivity contribution in [3.63, 3.8) is 0 Å². The summed E-state index contributed by atoms with van der Waals surface area (Å²) in [5.74, 6) is -0.671. The molecule has 0 spiro atoms. The zero-order valence-corrected chi connectivity index (χ0v) is 13.3. The Morgan fingerprint density at radius 3 is 2.08 bits per heavy atom. The first-order chi connectivity index (χ1) is 11.7. The highest BCUT2D eigenvalue weighted by molar-refractivity contribution is 5.76. The Morgan fingerprint density at radius 2 is 1.56 bits per heavy atom. The van der Waals surface area contributed by atoms with E-state index in [0.717, 1.165) is 12.1 Å². The van der Waals surface area contributed by atoms with Crippen molar-refractivity contribution in [3.05, 3.63) is 71.8 Å². The molecule has 134 valence electrons. The van der Waals surface area contributed by atoms with E-state index in [0.29, 0.717) is 5.56 Å². The Labute approximate surface area is 143 Å². The van der Waals surface area contributed by atoms with E-state index in [9.17, 15) is 23.1 Å². The summed E-state index contributed by atoms with van der Waals surface area (Å²) in [6.07, 6.45) is -5.13. The van der Waals surface area contributed by atoms with Crippen LogP contribution in [-0.2, 0) is 10.4 Å². The van der Waals surface area contributed by atoms with Crippen LogP contribution < -0.4 is 11.1 Å². The molecule has 2 rings (SSSR count). The van der Waals surface area contributed by atoms with Crippen molar-refractivity contribution in [2.45, 2.75) is 24.2 Å². The lowest BCUT2D eigenvalue weighted by atomic mass is 9.93. The zero-order chi connectivity index (χ0) is 18.5. The van der Waals surface area contributed by atoms with Crippen LogP contribution in [0.15, 0.2) is 60.7 Å². The van der Waals surface area contributed by atoms with Gasteiger partial charge in [-0.1, -0.05) is 60.7 Å². The Hall–Kier alpha value is -2.38. The summed E-state index contributed by atoms with van der Waals surface area (Å²) in [4.78, 5) is 12.0. The number of benzene rings is 2. The fourth-order valence-electron chi connectivity index (χ4n) is 2.40. The quantitative estimate of drug-likeness (QED) is 0.748. The predicted octanol–water partition coefficient (Wildman–Crippen LogP) is 2.64. The van der Waals surface area contributed by atoms with Crippen molar-refractivity contribution < 1.29 is 23.1 Å². The number of nitrogens with one attached hydrogen (secondary N) is 1. The molecule has 0 saturated carbocycles. The second-order valence-corrected chi connectivity index (χ2v) is 5.72. The largest absolute Gasteiger partial charge is 0.423 e. The van der Waals surface area contributed by atoms with Crippen molar-refractivity contribution in [3.8, 4) is 0 Å². The molecule has 0 saturated heterocycles. The number of halogens is 3. The average Bonchev–Trinajstić information content (AvgIpc) is 2.60. The maximum Gasteiger partial charge on any atom is 0.423 e. The molecule has 1 amide bonds. The van der Waals surface area contributed by atoms with E-state index in [1.165, 1.54) is 18.2 Å². The summed E-state index contributed by atoms with van der Waals surface area (Å²) in [7, 11) is 0. The third-order valence-corrected chi connectivity index (χ3v) is 3.89. The molecule has 25 heavy (non-hydrogen) atoms. The van der Waals surface area contributed by atoms with Crippen LogP contribution in [0.3, 0.4) is 0 Å². The lowest BCUT2D eigenvalue weighted by molar-refractivity contribution is -0.264. The van der Waals surface area contributed by atoms with E-state index in [2.05, 4.69) is 5.32 Å². The molecule has 0 aliphatic carbocycles. The van der Waals surface area contributed by atoms with E-state index in [-0.39, 0.29) is 12.0 Å². The van der Waals surface area contributed by atoms with Gasteiger partial charge >= 0.3 is 6.18 Å². The molecule has 2 atom stereocenters. The third kappa shape index (κ3) is 4.58. The minimum absolute atomic E-state index is 0.188. The second-order valence-electron chi connectivity index (χ2n) is 5.72. The summed E-state index contributed by atoms with van der Waals surface area (Å²) in [5, 5.41) is 12.3. The first kappa shape index (κ1) is 19.0. The Kier molecular flexibility index (Phi) is 5.81. The van der Waals surface area contributed by atoms with Gasteiger partial charge in [-0.15, -0.1) is 0 Å². The van der Waals surface area contributed by atoms with Gasteiger partial charge in [-0.05, 0) is 11.1 Å². The monoisotopic (exact) mass is 352 g/mol. The standard InChI is InChI=1S/C18H19F3N2O2/c19-18(20,21)17(25,14-9-5-2-6-10-14)12-23-16(24)11-15(22)13-7-3-1-4-8-13/h1-10,15,25H,11-12,22H2,(H,23,24). The topological polar surface area (TPSA) is 75.4 Å². The Morgan fingerprint density at radius 1 is 1.04 bits per heavy atom. The summed E-state index contributed by atoms with van der Waals surface area (Å²) >= 11 is 0. The number of carbonyl (C=O) groups is 1. The number of aliphatic hydroxyl groups is 1. The Bertz CT molecular complexity index is 692. The maximum atomic E-state index is 13.3. The molecule has 0 aromatic heterocycles. The van der Waals surface area contributed by atoms with Gasteiger partial charge in [0.2, 0.25) is 11.5 Å². The van der Waals surface area contributed by atoms with Crippen LogP contribution in [0.5, 0.6) is 0 Å². The normalized spacial score (nSPS) is 15.2. The molecule has 0 aliphatic heterocycles. The highest BCUT2D eigenvalue weighted by atomic mass is 19.4. The van der Waals surface area contributed by atoms with E-state index in [1.807, 2.05) is 0 Å². The van der Waals surface area contributed by atoms with Crippen LogP contribution in [0.4, 0.5) is 13.2 Å². The zero-order valence-electron chi connectivity index (χ0n) is 13.3. The summed E-state index contributed by atoms with van der Waals surface area (Å²) < 4.78 is 40.0. The first-order valence-corrected chi connectivity index (χ1v) is 7.66. The minimum Gasteiger partial charge on any atom is -0.375 e. The molecule has 7 heteroatoms. The number of nitrogens with two attached hydrogens (primary N) is 1. The average molecular weight is 352 g/mol. The lowest BCUT2D eigenvalue weighted by Crippen LogP contribution is -2.51. The van der Waals surface area contributed by atoms with Crippen LogP contribution in [0.1, 0.15) is 23.6 Å². The lowest BCUT2D eigenvalue weighted by Gasteiger charge is -2.31. The van der Waals surface area contributed by atoms with Crippen LogP contribution in [-0.4, -0.2) is 23.7 Å². The smallest absolute Gasteiger partial charge is 0.375 e. The van der Waals surface area contributed by atoms with Gasteiger partial charge in [0, 0.05) is 12.5 Å². The Balaban J connectivity index is 2.05. The van der Waals surface area contributed by atoms with Gasteiger partial charge in [-0.2, -0.15) is 13.2 Å². The van der Waals surface area contributed by atoms with Crippen molar-refractivity contribution in [2.24, 2.45) is 5.73 Å². The van der Waals surface area contributed by atoms with Crippen molar-refractivity contribution in [2.75, 3.05) is 6.54 Å². The molecule has 4 nitrogen and oxygen atoms in total. The number of rotatable bonds is 6. The SMILES string of the molecule is NC(CC(=O)NCC(O)(c1ccccc1)C(F)(F)F)c1ccccc1.